The van der Waals surface area contributed by atoms with Crippen LogP contribution in [0, 0.1) is 0 Å². The lowest BCUT2D eigenvalue weighted by Crippen LogP contribution is -2.35. The first kappa shape index (κ1) is 19.3. The number of benzene rings is 1. The second-order valence-corrected chi connectivity index (χ2v) is 8.06. The first-order valence-corrected chi connectivity index (χ1v) is 9.88. The summed E-state index contributed by atoms with van der Waals surface area (Å²) >= 11 is 1.36. The number of carbonyl (C=O) groups is 3. The highest BCUT2D eigenvalue weighted by molar-refractivity contribution is 7.12. The molecule has 1 aliphatic rings. The molecule has 5 nitrogen and oxygen atoms in total. The molecule has 1 aliphatic carbocycles. The molecule has 1 unspecified atom stereocenters. The minimum atomic E-state index is -0.0675. The molecule has 1 aromatic heterocycles. The number of nitrogens with zero attached hydrogens (tertiary/aromatic N) is 1. The highest BCUT2D eigenvalue weighted by Gasteiger charge is 2.27. The first-order chi connectivity index (χ1) is 12.8. The highest BCUT2D eigenvalue weighted by atomic mass is 32.1. The van der Waals surface area contributed by atoms with Gasteiger partial charge in [0.1, 0.15) is 11.5 Å². The molecule has 142 valence electrons. The van der Waals surface area contributed by atoms with Crippen molar-refractivity contribution in [2.75, 3.05) is 6.54 Å². The van der Waals surface area contributed by atoms with Gasteiger partial charge in [-0.05, 0) is 72.9 Å². The van der Waals surface area contributed by atoms with E-state index in [2.05, 4.69) is 0 Å². The van der Waals surface area contributed by atoms with E-state index in [0.717, 1.165) is 29.5 Å². The van der Waals surface area contributed by atoms with E-state index in [0.29, 0.717) is 17.8 Å². The molecule has 1 heterocycles. The molecule has 2 aromatic rings. The minimum Gasteiger partial charge on any atom is -0.508 e. The number of amides is 1. The number of phenols is 1. The Hall–Kier alpha value is -2.47. The maximum absolute atomic E-state index is 12.9. The summed E-state index contributed by atoms with van der Waals surface area (Å²) in [5.74, 6) is 0.228. The summed E-state index contributed by atoms with van der Waals surface area (Å²) in [5, 5.41) is 11.5. The van der Waals surface area contributed by atoms with E-state index in [4.69, 9.17) is 0 Å². The Kier molecular flexibility index (Phi) is 5.75. The largest absolute Gasteiger partial charge is 0.508 e. The van der Waals surface area contributed by atoms with Gasteiger partial charge in [-0.3, -0.25) is 14.4 Å². The fraction of sp³-hybridized carbons (Fsp3) is 0.381. The van der Waals surface area contributed by atoms with E-state index in [1.165, 1.54) is 25.2 Å². The van der Waals surface area contributed by atoms with Gasteiger partial charge in [0.25, 0.3) is 0 Å². The number of ketones is 2. The Labute approximate surface area is 162 Å². The van der Waals surface area contributed by atoms with Gasteiger partial charge in [-0.25, -0.2) is 0 Å². The number of hydrogen-bond donors (Lipinski definition) is 1. The molecule has 0 spiro atoms. The predicted octanol–water partition coefficient (Wildman–Crippen LogP) is 3.69. The molecular formula is C21H23NO4S. The summed E-state index contributed by atoms with van der Waals surface area (Å²) in [4.78, 5) is 38.3. The predicted molar refractivity (Wildman–Crippen MR) is 104 cm³/mol. The highest BCUT2D eigenvalue weighted by Crippen LogP contribution is 2.37. The number of phenolic OH excluding ortho intramolecular Hbond substituents is 1. The van der Waals surface area contributed by atoms with Gasteiger partial charge < -0.3 is 10.0 Å². The molecular weight excluding hydrogens is 362 g/mol. The number of aromatic hydroxyl groups is 1. The Morgan fingerprint density at radius 1 is 1.22 bits per heavy atom. The number of fused-ring (bicyclic) bond motifs is 1. The average molecular weight is 385 g/mol. The summed E-state index contributed by atoms with van der Waals surface area (Å²) in [7, 11) is 0. The zero-order valence-corrected chi connectivity index (χ0v) is 16.3. The van der Waals surface area contributed by atoms with Crippen molar-refractivity contribution in [3.05, 3.63) is 51.2 Å². The van der Waals surface area contributed by atoms with E-state index < -0.39 is 0 Å². The monoisotopic (exact) mass is 385 g/mol. The molecule has 0 aliphatic heterocycles. The molecule has 0 bridgehead atoms. The topological polar surface area (TPSA) is 74.7 Å². The Bertz CT molecular complexity index is 886. The average Bonchev–Trinajstić information content (AvgIpc) is 3.21. The molecule has 0 saturated carbocycles. The summed E-state index contributed by atoms with van der Waals surface area (Å²) in [6, 6.07) is 7.11. The van der Waals surface area contributed by atoms with Gasteiger partial charge >= 0.3 is 0 Å². The molecule has 27 heavy (non-hydrogen) atoms. The summed E-state index contributed by atoms with van der Waals surface area (Å²) in [6.07, 6.45) is 2.06. The van der Waals surface area contributed by atoms with Crippen LogP contribution in [-0.2, 0) is 22.6 Å². The number of hydrogen-bond acceptors (Lipinski definition) is 5. The van der Waals surface area contributed by atoms with Gasteiger partial charge in [-0.1, -0.05) is 6.07 Å². The summed E-state index contributed by atoms with van der Waals surface area (Å²) < 4.78 is 0. The van der Waals surface area contributed by atoms with Crippen molar-refractivity contribution in [2.24, 2.45) is 0 Å². The standard InChI is InChI=1S/C21H23NO4S/c1-13(23)10-22(11-15-7-20(14(2)24)27-12-15)21(26)9-17-4-3-16-8-18(25)5-6-19(16)17/h5-8,12,17,25H,3-4,9-11H2,1-2H3. The smallest absolute Gasteiger partial charge is 0.223 e. The molecule has 1 atom stereocenters. The van der Waals surface area contributed by atoms with Crippen LogP contribution in [0.1, 0.15) is 59.0 Å². The van der Waals surface area contributed by atoms with Crippen LogP contribution in [0.15, 0.2) is 29.6 Å². The Morgan fingerprint density at radius 2 is 2.00 bits per heavy atom. The van der Waals surface area contributed by atoms with Gasteiger partial charge in [-0.2, -0.15) is 0 Å². The van der Waals surface area contributed by atoms with Gasteiger partial charge in [0, 0.05) is 13.0 Å². The van der Waals surface area contributed by atoms with Crippen LogP contribution in [0.2, 0.25) is 0 Å². The second kappa shape index (κ2) is 8.05. The lowest BCUT2D eigenvalue weighted by molar-refractivity contribution is -0.135. The van der Waals surface area contributed by atoms with Gasteiger partial charge in [0.2, 0.25) is 5.91 Å². The van der Waals surface area contributed by atoms with Crippen LogP contribution in [0.25, 0.3) is 0 Å². The number of thiophene rings is 1. The lowest BCUT2D eigenvalue weighted by Gasteiger charge is -2.23. The zero-order valence-electron chi connectivity index (χ0n) is 15.5. The van der Waals surface area contributed by atoms with Crippen LogP contribution < -0.4 is 0 Å². The number of Topliss-reactive ketones (excluding diaryl/α,β-unsaturated/α-hetero) is 2. The fourth-order valence-corrected chi connectivity index (χ4v) is 4.41. The molecule has 1 aromatic carbocycles. The maximum atomic E-state index is 12.9. The molecule has 1 amide bonds. The van der Waals surface area contributed by atoms with Crippen molar-refractivity contribution in [2.45, 2.75) is 45.6 Å². The van der Waals surface area contributed by atoms with Crippen LogP contribution in [0.4, 0.5) is 0 Å². The molecule has 0 fully saturated rings. The van der Waals surface area contributed by atoms with E-state index in [9.17, 15) is 19.5 Å². The molecule has 6 heteroatoms. The maximum Gasteiger partial charge on any atom is 0.223 e. The van der Waals surface area contributed by atoms with Crippen molar-refractivity contribution in [1.82, 2.24) is 4.90 Å². The summed E-state index contributed by atoms with van der Waals surface area (Å²) in [6.45, 7) is 3.39. The third-order valence-electron chi connectivity index (χ3n) is 4.89. The van der Waals surface area contributed by atoms with Crippen LogP contribution in [0.3, 0.4) is 0 Å². The van der Waals surface area contributed by atoms with E-state index in [1.54, 1.807) is 23.1 Å². The van der Waals surface area contributed by atoms with Crippen molar-refractivity contribution in [1.29, 1.82) is 0 Å². The van der Waals surface area contributed by atoms with Crippen LogP contribution in [-0.4, -0.2) is 34.0 Å². The number of aryl methyl sites for hydroxylation is 1. The lowest BCUT2D eigenvalue weighted by atomic mass is 9.97. The Balaban J connectivity index is 1.72. The summed E-state index contributed by atoms with van der Waals surface area (Å²) in [5.41, 5.74) is 3.07. The SMILES string of the molecule is CC(=O)CN(Cc1csc(C(C)=O)c1)C(=O)CC1CCc2cc(O)ccc21. The quantitative estimate of drug-likeness (QED) is 0.738. The van der Waals surface area contributed by atoms with E-state index >= 15 is 0 Å². The van der Waals surface area contributed by atoms with Crippen LogP contribution in [0.5, 0.6) is 5.75 Å². The second-order valence-electron chi connectivity index (χ2n) is 7.15. The van der Waals surface area contributed by atoms with Crippen molar-refractivity contribution >= 4 is 28.8 Å². The van der Waals surface area contributed by atoms with Gasteiger partial charge in [0.15, 0.2) is 5.78 Å². The van der Waals surface area contributed by atoms with Crippen LogP contribution >= 0.6 is 11.3 Å². The van der Waals surface area contributed by atoms with Crippen molar-refractivity contribution < 1.29 is 19.5 Å². The normalized spacial score (nSPS) is 15.4. The fourth-order valence-electron chi connectivity index (χ4n) is 3.61. The molecule has 0 saturated heterocycles. The first-order valence-electron chi connectivity index (χ1n) is 9.01. The van der Waals surface area contributed by atoms with E-state index in [1.807, 2.05) is 11.4 Å². The van der Waals surface area contributed by atoms with Gasteiger partial charge in [0.05, 0.1) is 11.4 Å². The Morgan fingerprint density at radius 3 is 2.67 bits per heavy atom. The van der Waals surface area contributed by atoms with Crippen molar-refractivity contribution in [3.63, 3.8) is 0 Å². The number of carbonyl (C=O) groups excluding carboxylic acids is 3. The molecule has 0 radical (unpaired) electrons. The minimum absolute atomic E-state index is 0.00140. The number of rotatable bonds is 7. The zero-order chi connectivity index (χ0) is 19.6. The third kappa shape index (κ3) is 4.63. The third-order valence-corrected chi connectivity index (χ3v) is 5.97. The van der Waals surface area contributed by atoms with E-state index in [-0.39, 0.29) is 35.7 Å². The molecule has 3 rings (SSSR count). The van der Waals surface area contributed by atoms with Crippen molar-refractivity contribution in [3.8, 4) is 5.75 Å². The van der Waals surface area contributed by atoms with Gasteiger partial charge in [-0.15, -0.1) is 11.3 Å². The molecule has 1 N–H and O–H groups in total.